The minimum Gasteiger partial charge on any atom is -0.398 e. The maximum atomic E-state index is 11.7. The number of nitrogens with two attached hydrogens (primary N) is 1. The Bertz CT molecular complexity index is 895. The summed E-state index contributed by atoms with van der Waals surface area (Å²) in [5.41, 5.74) is 7.49. The Labute approximate surface area is 113 Å². The van der Waals surface area contributed by atoms with E-state index >= 15 is 0 Å². The van der Waals surface area contributed by atoms with Gasteiger partial charge in [0.25, 0.3) is 11.1 Å². The summed E-state index contributed by atoms with van der Waals surface area (Å²) in [6, 6.07) is 9.70. The lowest BCUT2D eigenvalue weighted by molar-refractivity contribution is 0.629. The molecule has 0 fully saturated rings. The molecule has 0 atom stereocenters. The molecule has 2 aromatic heterocycles. The number of H-pyrrole nitrogens is 1. The number of nitrogens with zero attached hydrogens (tertiary/aromatic N) is 2. The van der Waals surface area contributed by atoms with Gasteiger partial charge in [0.2, 0.25) is 0 Å². The number of benzene rings is 1. The van der Waals surface area contributed by atoms with Crippen LogP contribution in [0.4, 0.5) is 5.69 Å². The Morgan fingerprint density at radius 3 is 2.85 bits per heavy atom. The largest absolute Gasteiger partial charge is 0.398 e. The third-order valence-corrected chi connectivity index (χ3v) is 3.10. The second kappa shape index (κ2) is 4.65. The molecule has 0 radical (unpaired) electrons. The smallest absolute Gasteiger partial charge is 0.265 e. The molecule has 0 bridgehead atoms. The number of hydrogen-bond donors (Lipinski definition) is 2. The highest BCUT2D eigenvalue weighted by molar-refractivity contribution is 5.92. The first-order valence-corrected chi connectivity index (χ1v) is 6.07. The summed E-state index contributed by atoms with van der Waals surface area (Å²) in [6.07, 6.45) is 1.67. The van der Waals surface area contributed by atoms with E-state index in [4.69, 9.17) is 5.73 Å². The third-order valence-electron chi connectivity index (χ3n) is 3.10. The average Bonchev–Trinajstić information content (AvgIpc) is 2.46. The molecule has 0 saturated heterocycles. The molecular formula is C14H12N4O2. The van der Waals surface area contributed by atoms with Crippen LogP contribution in [0.5, 0.6) is 0 Å². The molecule has 1 aromatic carbocycles. The molecule has 3 rings (SSSR count). The molecule has 0 aliphatic carbocycles. The highest BCUT2D eigenvalue weighted by atomic mass is 16.1. The van der Waals surface area contributed by atoms with Gasteiger partial charge in [0.1, 0.15) is 0 Å². The van der Waals surface area contributed by atoms with Crippen molar-refractivity contribution >= 4 is 16.6 Å². The van der Waals surface area contributed by atoms with Crippen LogP contribution < -0.4 is 16.9 Å². The highest BCUT2D eigenvalue weighted by Gasteiger charge is 2.07. The van der Waals surface area contributed by atoms with E-state index < -0.39 is 0 Å². The van der Waals surface area contributed by atoms with Gasteiger partial charge in [-0.2, -0.15) is 0 Å². The molecule has 20 heavy (non-hydrogen) atoms. The summed E-state index contributed by atoms with van der Waals surface area (Å²) in [7, 11) is 0. The number of anilines is 1. The molecule has 0 unspecified atom stereocenters. The Kier molecular flexibility index (Phi) is 2.83. The number of aromatic amines is 1. The van der Waals surface area contributed by atoms with Gasteiger partial charge in [-0.15, -0.1) is 0 Å². The summed E-state index contributed by atoms with van der Waals surface area (Å²) >= 11 is 0. The first kappa shape index (κ1) is 12.2. The van der Waals surface area contributed by atoms with Crippen molar-refractivity contribution in [2.45, 2.75) is 6.54 Å². The number of pyridine rings is 1. The van der Waals surface area contributed by atoms with Gasteiger partial charge in [-0.3, -0.25) is 19.7 Å². The zero-order chi connectivity index (χ0) is 14.1. The number of nitrogens with one attached hydrogen (secondary N) is 1. The van der Waals surface area contributed by atoms with Crippen molar-refractivity contribution in [3.8, 4) is 0 Å². The van der Waals surface area contributed by atoms with Crippen molar-refractivity contribution in [3.63, 3.8) is 0 Å². The van der Waals surface area contributed by atoms with E-state index in [1.807, 2.05) is 12.1 Å². The topological polar surface area (TPSA) is 93.8 Å². The number of aromatic nitrogens is 3. The molecule has 0 spiro atoms. The highest BCUT2D eigenvalue weighted by Crippen LogP contribution is 2.22. The van der Waals surface area contributed by atoms with E-state index in [1.54, 1.807) is 18.3 Å². The fourth-order valence-electron chi connectivity index (χ4n) is 2.13. The maximum absolute atomic E-state index is 11.7. The van der Waals surface area contributed by atoms with Crippen LogP contribution in [0.25, 0.3) is 10.9 Å². The summed E-state index contributed by atoms with van der Waals surface area (Å²) in [5.74, 6) is 0. The van der Waals surface area contributed by atoms with Crippen LogP contribution >= 0.6 is 0 Å². The van der Waals surface area contributed by atoms with Crippen molar-refractivity contribution in [1.29, 1.82) is 0 Å². The van der Waals surface area contributed by atoms with Crippen LogP contribution in [0.1, 0.15) is 5.56 Å². The van der Waals surface area contributed by atoms with Crippen LogP contribution in [-0.4, -0.2) is 14.8 Å². The molecule has 0 amide bonds. The first-order chi connectivity index (χ1) is 9.65. The Hall–Kier alpha value is -2.89. The third kappa shape index (κ3) is 2.07. The molecule has 3 aromatic rings. The van der Waals surface area contributed by atoms with Crippen molar-refractivity contribution < 1.29 is 0 Å². The van der Waals surface area contributed by atoms with E-state index in [0.29, 0.717) is 5.69 Å². The summed E-state index contributed by atoms with van der Waals surface area (Å²) in [6.45, 7) is 0.239. The molecule has 6 nitrogen and oxygen atoms in total. The average molecular weight is 268 g/mol. The normalized spacial score (nSPS) is 10.8. The van der Waals surface area contributed by atoms with Gasteiger partial charge >= 0.3 is 0 Å². The summed E-state index contributed by atoms with van der Waals surface area (Å²) in [5, 5.41) is 3.32. The number of rotatable bonds is 2. The van der Waals surface area contributed by atoms with Crippen molar-refractivity contribution in [1.82, 2.24) is 14.8 Å². The molecule has 3 N–H and O–H groups in total. The van der Waals surface area contributed by atoms with Crippen LogP contribution in [-0.2, 0) is 6.54 Å². The van der Waals surface area contributed by atoms with Gasteiger partial charge < -0.3 is 5.73 Å². The van der Waals surface area contributed by atoms with Gasteiger partial charge in [-0.05, 0) is 18.2 Å². The van der Waals surface area contributed by atoms with Crippen molar-refractivity contribution in [2.75, 3.05) is 5.73 Å². The van der Waals surface area contributed by atoms with Crippen LogP contribution in [0, 0.1) is 0 Å². The van der Waals surface area contributed by atoms with Crippen LogP contribution in [0.15, 0.2) is 52.2 Å². The monoisotopic (exact) mass is 268 g/mol. The van der Waals surface area contributed by atoms with E-state index in [9.17, 15) is 9.59 Å². The van der Waals surface area contributed by atoms with Gasteiger partial charge in [0.05, 0.1) is 12.1 Å². The van der Waals surface area contributed by atoms with E-state index in [0.717, 1.165) is 16.5 Å². The summed E-state index contributed by atoms with van der Waals surface area (Å²) < 4.78 is 1.25. The second-order valence-corrected chi connectivity index (χ2v) is 4.45. The van der Waals surface area contributed by atoms with E-state index in [-0.39, 0.29) is 17.7 Å². The first-order valence-electron chi connectivity index (χ1n) is 6.07. The van der Waals surface area contributed by atoms with Gasteiger partial charge in [0, 0.05) is 35.0 Å². The Balaban J connectivity index is 2.16. The minimum atomic E-state index is -0.322. The fourth-order valence-corrected chi connectivity index (χ4v) is 2.13. The minimum absolute atomic E-state index is 0.239. The predicted molar refractivity (Wildman–Crippen MR) is 76.6 cm³/mol. The maximum Gasteiger partial charge on any atom is 0.265 e. The Morgan fingerprint density at radius 2 is 2.00 bits per heavy atom. The van der Waals surface area contributed by atoms with Gasteiger partial charge in [0.15, 0.2) is 0 Å². The van der Waals surface area contributed by atoms with Crippen LogP contribution in [0.2, 0.25) is 0 Å². The van der Waals surface area contributed by atoms with Gasteiger partial charge in [-0.25, -0.2) is 4.68 Å². The van der Waals surface area contributed by atoms with Crippen molar-refractivity contribution in [2.24, 2.45) is 0 Å². The van der Waals surface area contributed by atoms with Crippen LogP contribution in [0.3, 0.4) is 0 Å². The van der Waals surface area contributed by atoms with Crippen molar-refractivity contribution in [3.05, 3.63) is 68.9 Å². The second-order valence-electron chi connectivity index (χ2n) is 4.45. The predicted octanol–water partition coefficient (Wildman–Crippen LogP) is 0.715. The lowest BCUT2D eigenvalue weighted by Crippen LogP contribution is -2.28. The Morgan fingerprint density at radius 1 is 1.15 bits per heavy atom. The summed E-state index contributed by atoms with van der Waals surface area (Å²) in [4.78, 5) is 27.3. The SMILES string of the molecule is Nc1ccc(Cn2[nH]c(=O)ccc2=O)c2ncccc12. The zero-order valence-corrected chi connectivity index (χ0v) is 10.5. The molecule has 100 valence electrons. The number of fused-ring (bicyclic) bond motifs is 1. The van der Waals surface area contributed by atoms with E-state index in [1.165, 1.54) is 16.8 Å². The quantitative estimate of drug-likeness (QED) is 0.669. The van der Waals surface area contributed by atoms with E-state index in [2.05, 4.69) is 10.1 Å². The molecule has 0 aliphatic rings. The fraction of sp³-hybridized carbons (Fsp3) is 0.0714. The molecule has 0 saturated carbocycles. The molecule has 6 heteroatoms. The molecule has 2 heterocycles. The molecule has 0 aliphatic heterocycles. The van der Waals surface area contributed by atoms with Gasteiger partial charge in [-0.1, -0.05) is 6.07 Å². The number of nitrogen functional groups attached to an aromatic ring is 1. The number of hydrogen-bond acceptors (Lipinski definition) is 4. The lowest BCUT2D eigenvalue weighted by Gasteiger charge is -2.09. The standard InChI is InChI=1S/C14H12N4O2/c15-11-4-3-9(14-10(11)2-1-7-16-14)8-18-13(20)6-5-12(19)17-18/h1-7H,8,15H2,(H,17,19). The lowest BCUT2D eigenvalue weighted by atomic mass is 10.1. The molecular weight excluding hydrogens is 256 g/mol. The zero-order valence-electron chi connectivity index (χ0n) is 10.5.